The molecule has 0 radical (unpaired) electrons. The first-order chi connectivity index (χ1) is 15.0. The summed E-state index contributed by atoms with van der Waals surface area (Å²) in [5.41, 5.74) is 2.70. The Kier molecular flexibility index (Phi) is 6.18. The average molecular weight is 425 g/mol. The van der Waals surface area contributed by atoms with Crippen molar-refractivity contribution in [2.45, 2.75) is 38.6 Å². The van der Waals surface area contributed by atoms with E-state index in [0.29, 0.717) is 31.2 Å². The molecule has 0 unspecified atom stereocenters. The highest BCUT2D eigenvalue weighted by molar-refractivity contribution is 6.00. The average Bonchev–Trinajstić information content (AvgIpc) is 3.10. The Morgan fingerprint density at radius 1 is 1.26 bits per heavy atom. The van der Waals surface area contributed by atoms with Crippen molar-refractivity contribution in [1.82, 2.24) is 14.9 Å². The highest BCUT2D eigenvalue weighted by Crippen LogP contribution is 2.33. The molecule has 1 atom stereocenters. The second-order valence-corrected chi connectivity index (χ2v) is 8.09. The predicted octanol–water partition coefficient (Wildman–Crippen LogP) is 2.24. The maximum Gasteiger partial charge on any atom is 0.248 e. The van der Waals surface area contributed by atoms with Crippen LogP contribution in [0.1, 0.15) is 41.4 Å². The van der Waals surface area contributed by atoms with Gasteiger partial charge in [-0.1, -0.05) is 12.1 Å². The summed E-state index contributed by atoms with van der Waals surface area (Å²) < 4.78 is 10.3. The number of hydrogen-bond donors (Lipinski definition) is 0. The number of aryl methyl sites for hydroxylation is 1. The molecule has 1 fully saturated rings. The number of likely N-dealkylation sites (tertiary alicyclic amines) is 1. The second-order valence-electron chi connectivity index (χ2n) is 8.09. The van der Waals surface area contributed by atoms with Crippen LogP contribution in [0.4, 0.5) is 5.82 Å². The number of fused-ring (bicyclic) bond motifs is 1. The molecule has 1 aromatic heterocycles. The number of methoxy groups -OCH3 is 2. The van der Waals surface area contributed by atoms with Crippen LogP contribution in [-0.4, -0.2) is 60.6 Å². The Morgan fingerprint density at radius 3 is 2.87 bits per heavy atom. The number of amides is 2. The predicted molar refractivity (Wildman–Crippen MR) is 115 cm³/mol. The minimum absolute atomic E-state index is 0.0140. The van der Waals surface area contributed by atoms with Crippen LogP contribution in [0.5, 0.6) is 5.75 Å². The second kappa shape index (κ2) is 9.01. The van der Waals surface area contributed by atoms with E-state index < -0.39 is 0 Å². The zero-order valence-corrected chi connectivity index (χ0v) is 18.3. The first-order valence-corrected chi connectivity index (χ1v) is 10.6. The van der Waals surface area contributed by atoms with E-state index in [9.17, 15) is 9.59 Å². The summed E-state index contributed by atoms with van der Waals surface area (Å²) in [4.78, 5) is 38.2. The van der Waals surface area contributed by atoms with Gasteiger partial charge in [0.25, 0.3) is 0 Å². The summed E-state index contributed by atoms with van der Waals surface area (Å²) >= 11 is 0. The summed E-state index contributed by atoms with van der Waals surface area (Å²) in [6.07, 6.45) is 2.12. The summed E-state index contributed by atoms with van der Waals surface area (Å²) in [5, 5.41) is 0. The van der Waals surface area contributed by atoms with Gasteiger partial charge in [-0.15, -0.1) is 0 Å². The Hall–Kier alpha value is -3.00. The van der Waals surface area contributed by atoms with Crippen molar-refractivity contribution < 1.29 is 19.1 Å². The fourth-order valence-electron chi connectivity index (χ4n) is 4.33. The van der Waals surface area contributed by atoms with Gasteiger partial charge in [0.2, 0.25) is 11.8 Å². The van der Waals surface area contributed by atoms with Crippen LogP contribution in [0.25, 0.3) is 0 Å². The van der Waals surface area contributed by atoms with Crippen molar-refractivity contribution in [2.75, 3.05) is 38.8 Å². The maximum absolute atomic E-state index is 12.8. The van der Waals surface area contributed by atoms with Gasteiger partial charge in [-0.05, 0) is 37.5 Å². The van der Waals surface area contributed by atoms with Crippen LogP contribution in [0.3, 0.4) is 0 Å². The molecule has 2 aliphatic heterocycles. The first kappa shape index (κ1) is 21.2. The largest absolute Gasteiger partial charge is 0.497 e. The number of aromatic nitrogens is 2. The summed E-state index contributed by atoms with van der Waals surface area (Å²) in [7, 11) is 3.16. The molecule has 164 valence electrons. The molecule has 2 aliphatic rings. The number of benzene rings is 1. The number of rotatable bonds is 6. The van der Waals surface area contributed by atoms with Gasteiger partial charge in [0.15, 0.2) is 0 Å². The first-order valence-electron chi connectivity index (χ1n) is 10.6. The zero-order chi connectivity index (χ0) is 22.0. The van der Waals surface area contributed by atoms with Gasteiger partial charge in [0.1, 0.15) is 24.0 Å². The molecule has 0 N–H and O–H groups in total. The Balaban J connectivity index is 1.60. The molecule has 2 amide bonds. The minimum Gasteiger partial charge on any atom is -0.497 e. The summed E-state index contributed by atoms with van der Waals surface area (Å²) in [5.74, 6) is 2.21. The quantitative estimate of drug-likeness (QED) is 0.707. The number of piperidine rings is 1. The van der Waals surface area contributed by atoms with Gasteiger partial charge in [-0.3, -0.25) is 14.5 Å². The molecule has 0 aliphatic carbocycles. The van der Waals surface area contributed by atoms with E-state index in [1.165, 1.54) is 7.11 Å². The zero-order valence-electron chi connectivity index (χ0n) is 18.3. The van der Waals surface area contributed by atoms with Crippen molar-refractivity contribution in [3.05, 3.63) is 46.9 Å². The molecule has 31 heavy (non-hydrogen) atoms. The third-order valence-electron chi connectivity index (χ3n) is 5.98. The number of anilines is 1. The fraction of sp³-hybridized carbons (Fsp3) is 0.478. The number of ether oxygens (including phenoxy) is 2. The molecular weight excluding hydrogens is 396 g/mol. The van der Waals surface area contributed by atoms with Crippen molar-refractivity contribution >= 4 is 17.6 Å². The number of carbonyl (C=O) groups is 2. The van der Waals surface area contributed by atoms with Gasteiger partial charge in [-0.2, -0.15) is 0 Å². The molecule has 8 nitrogen and oxygen atoms in total. The number of hydrogen-bond acceptors (Lipinski definition) is 6. The molecule has 0 spiro atoms. The van der Waals surface area contributed by atoms with Crippen LogP contribution < -0.4 is 9.64 Å². The standard InChI is InChI=1S/C23H28N4O4/c1-15-19-11-20(28)27(12-16-6-4-8-18(10-16)31-3)23(19)25-22(24-15)17-7-5-9-26(13-17)21(29)14-30-2/h4,6,8,10,17H,5,7,9,11-14H2,1-3H3/t17-/m0/s1. The SMILES string of the molecule is COCC(=O)N1CCC[C@H](c2nc(C)c3c(n2)N(Cc2cccc(OC)c2)C(=O)C3)C1. The van der Waals surface area contributed by atoms with E-state index in [0.717, 1.165) is 42.0 Å². The lowest BCUT2D eigenvalue weighted by Gasteiger charge is -2.32. The van der Waals surface area contributed by atoms with Gasteiger partial charge < -0.3 is 14.4 Å². The molecule has 1 aromatic carbocycles. The molecule has 4 rings (SSSR count). The topological polar surface area (TPSA) is 84.9 Å². The van der Waals surface area contributed by atoms with Gasteiger partial charge >= 0.3 is 0 Å². The van der Waals surface area contributed by atoms with Crippen molar-refractivity contribution in [2.24, 2.45) is 0 Å². The monoisotopic (exact) mass is 424 g/mol. The Morgan fingerprint density at radius 2 is 2.10 bits per heavy atom. The molecule has 1 saturated heterocycles. The van der Waals surface area contributed by atoms with Crippen molar-refractivity contribution in [1.29, 1.82) is 0 Å². The molecule has 3 heterocycles. The van der Waals surface area contributed by atoms with Gasteiger partial charge in [-0.25, -0.2) is 9.97 Å². The third kappa shape index (κ3) is 4.39. The van der Waals surface area contributed by atoms with E-state index >= 15 is 0 Å². The lowest BCUT2D eigenvalue weighted by Crippen LogP contribution is -2.41. The van der Waals surface area contributed by atoms with Crippen LogP contribution in [-0.2, 0) is 27.3 Å². The number of nitrogens with zero attached hydrogens (tertiary/aromatic N) is 4. The lowest BCUT2D eigenvalue weighted by molar-refractivity contribution is -0.136. The fourth-order valence-corrected chi connectivity index (χ4v) is 4.33. The van der Waals surface area contributed by atoms with E-state index in [-0.39, 0.29) is 24.3 Å². The van der Waals surface area contributed by atoms with E-state index in [1.54, 1.807) is 12.0 Å². The van der Waals surface area contributed by atoms with Crippen LogP contribution in [0.2, 0.25) is 0 Å². The number of carbonyl (C=O) groups excluding carboxylic acids is 2. The molecule has 2 aromatic rings. The smallest absolute Gasteiger partial charge is 0.248 e. The van der Waals surface area contributed by atoms with E-state index in [1.807, 2.05) is 36.1 Å². The Bertz CT molecular complexity index is 994. The lowest BCUT2D eigenvalue weighted by atomic mass is 9.96. The van der Waals surface area contributed by atoms with E-state index in [4.69, 9.17) is 19.4 Å². The van der Waals surface area contributed by atoms with Crippen LogP contribution in [0, 0.1) is 6.92 Å². The molecule has 0 saturated carbocycles. The maximum atomic E-state index is 12.8. The normalized spacial score (nSPS) is 18.3. The summed E-state index contributed by atoms with van der Waals surface area (Å²) in [6, 6.07) is 7.71. The molecule has 8 heteroatoms. The van der Waals surface area contributed by atoms with E-state index in [2.05, 4.69) is 0 Å². The minimum atomic E-state index is -0.0140. The van der Waals surface area contributed by atoms with Crippen LogP contribution in [0.15, 0.2) is 24.3 Å². The molecular formula is C23H28N4O4. The highest BCUT2D eigenvalue weighted by Gasteiger charge is 2.34. The highest BCUT2D eigenvalue weighted by atomic mass is 16.5. The molecule has 0 bridgehead atoms. The van der Waals surface area contributed by atoms with Crippen molar-refractivity contribution in [3.8, 4) is 5.75 Å². The van der Waals surface area contributed by atoms with Crippen molar-refractivity contribution in [3.63, 3.8) is 0 Å². The van der Waals surface area contributed by atoms with Gasteiger partial charge in [0, 0.05) is 37.4 Å². The summed E-state index contributed by atoms with van der Waals surface area (Å²) in [6.45, 7) is 3.75. The third-order valence-corrected chi connectivity index (χ3v) is 5.98. The Labute approximate surface area is 182 Å². The van der Waals surface area contributed by atoms with Crippen LogP contribution >= 0.6 is 0 Å². The van der Waals surface area contributed by atoms with Gasteiger partial charge in [0.05, 0.1) is 20.1 Å².